The SMILES string of the molecule is CN1CCn2nc3c(c2C(=O)N1C)CN(C(=O)Nc1ccc(F)c(Cl)c1)CC3. The highest BCUT2D eigenvalue weighted by Crippen LogP contribution is 2.26. The van der Waals surface area contributed by atoms with Crippen LogP contribution in [-0.4, -0.2) is 63.8 Å². The third-order valence-electron chi connectivity index (χ3n) is 5.20. The van der Waals surface area contributed by atoms with Crippen LogP contribution in [0.5, 0.6) is 0 Å². The molecule has 148 valence electrons. The normalized spacial score (nSPS) is 17.2. The second-order valence-corrected chi connectivity index (χ2v) is 7.34. The number of carbonyl (C=O) groups is 2. The molecule has 2 aromatic rings. The van der Waals surface area contributed by atoms with Crippen molar-refractivity contribution in [2.45, 2.75) is 19.5 Å². The van der Waals surface area contributed by atoms with Gasteiger partial charge in [-0.25, -0.2) is 14.2 Å². The number of rotatable bonds is 1. The van der Waals surface area contributed by atoms with Crippen LogP contribution in [0, 0.1) is 5.82 Å². The molecule has 0 aliphatic carbocycles. The molecule has 0 spiro atoms. The van der Waals surface area contributed by atoms with E-state index >= 15 is 0 Å². The third-order valence-corrected chi connectivity index (χ3v) is 5.49. The Balaban J connectivity index is 1.56. The largest absolute Gasteiger partial charge is 0.322 e. The number of nitrogens with one attached hydrogen (secondary N) is 1. The van der Waals surface area contributed by atoms with E-state index in [2.05, 4.69) is 10.4 Å². The van der Waals surface area contributed by atoms with Crippen LogP contribution in [-0.2, 0) is 19.5 Å². The van der Waals surface area contributed by atoms with Crippen LogP contribution in [0.15, 0.2) is 18.2 Å². The molecule has 4 rings (SSSR count). The smallest absolute Gasteiger partial charge is 0.320 e. The third kappa shape index (κ3) is 3.20. The first kappa shape index (κ1) is 18.7. The van der Waals surface area contributed by atoms with E-state index in [1.165, 1.54) is 18.2 Å². The number of anilines is 1. The fraction of sp³-hybridized carbons (Fsp3) is 0.389. The highest BCUT2D eigenvalue weighted by atomic mass is 35.5. The quantitative estimate of drug-likeness (QED) is 0.788. The summed E-state index contributed by atoms with van der Waals surface area (Å²) in [7, 11) is 3.58. The molecule has 2 aliphatic heterocycles. The molecule has 8 nitrogen and oxygen atoms in total. The number of benzene rings is 1. The monoisotopic (exact) mass is 406 g/mol. The molecule has 0 atom stereocenters. The van der Waals surface area contributed by atoms with Gasteiger partial charge in [-0.05, 0) is 18.2 Å². The molecule has 10 heteroatoms. The van der Waals surface area contributed by atoms with Crippen LogP contribution in [0.25, 0.3) is 0 Å². The molecule has 3 heterocycles. The molecule has 3 amide bonds. The summed E-state index contributed by atoms with van der Waals surface area (Å²) in [6.45, 7) is 2.05. The van der Waals surface area contributed by atoms with Crippen molar-refractivity contribution >= 4 is 29.2 Å². The van der Waals surface area contributed by atoms with Crippen LogP contribution in [0.4, 0.5) is 14.9 Å². The van der Waals surface area contributed by atoms with Gasteiger partial charge in [0.1, 0.15) is 11.5 Å². The van der Waals surface area contributed by atoms with Gasteiger partial charge >= 0.3 is 6.03 Å². The lowest BCUT2D eigenvalue weighted by Crippen LogP contribution is -2.42. The standard InChI is InChI=1S/C18H20ClFN6O2/c1-23-7-8-26-16(17(27)24(23)2)12-10-25(6-5-15(12)22-26)18(28)21-11-3-4-14(20)13(19)9-11/h3-4,9H,5-8,10H2,1-2H3,(H,21,28). The Bertz CT molecular complexity index is 962. The molecular formula is C18H20ClFN6O2. The topological polar surface area (TPSA) is 73.7 Å². The minimum atomic E-state index is -0.544. The van der Waals surface area contributed by atoms with Gasteiger partial charge in [-0.1, -0.05) is 11.6 Å². The number of fused-ring (bicyclic) bond motifs is 3. The lowest BCUT2D eigenvalue weighted by Gasteiger charge is -2.28. The predicted molar refractivity (Wildman–Crippen MR) is 101 cm³/mol. The summed E-state index contributed by atoms with van der Waals surface area (Å²) in [5.41, 5.74) is 2.58. The number of halogens is 2. The van der Waals surface area contributed by atoms with Gasteiger partial charge in [0.25, 0.3) is 5.91 Å². The van der Waals surface area contributed by atoms with E-state index in [9.17, 15) is 14.0 Å². The van der Waals surface area contributed by atoms with Gasteiger partial charge in [-0.2, -0.15) is 5.10 Å². The Kier molecular flexibility index (Phi) is 4.72. The lowest BCUT2D eigenvalue weighted by molar-refractivity contribution is 0.0240. The van der Waals surface area contributed by atoms with Crippen molar-refractivity contribution < 1.29 is 14.0 Å². The maximum atomic E-state index is 13.3. The summed E-state index contributed by atoms with van der Waals surface area (Å²) in [6, 6.07) is 3.69. The molecule has 0 bridgehead atoms. The zero-order chi connectivity index (χ0) is 20.0. The summed E-state index contributed by atoms with van der Waals surface area (Å²) in [4.78, 5) is 27.2. The van der Waals surface area contributed by atoms with Crippen LogP contribution in [0.3, 0.4) is 0 Å². The number of aromatic nitrogens is 2. The van der Waals surface area contributed by atoms with E-state index in [0.29, 0.717) is 37.4 Å². The van der Waals surface area contributed by atoms with Crippen molar-refractivity contribution in [1.82, 2.24) is 24.7 Å². The number of hydrogen-bond donors (Lipinski definition) is 1. The van der Waals surface area contributed by atoms with Crippen molar-refractivity contribution in [1.29, 1.82) is 0 Å². The predicted octanol–water partition coefficient (Wildman–Crippen LogP) is 2.20. The summed E-state index contributed by atoms with van der Waals surface area (Å²) >= 11 is 5.77. The van der Waals surface area contributed by atoms with E-state index < -0.39 is 5.82 Å². The molecule has 1 aromatic heterocycles. The molecule has 0 fully saturated rings. The van der Waals surface area contributed by atoms with Gasteiger partial charge in [0.2, 0.25) is 0 Å². The van der Waals surface area contributed by atoms with E-state index in [0.717, 1.165) is 11.3 Å². The molecule has 0 unspecified atom stereocenters. The maximum Gasteiger partial charge on any atom is 0.322 e. The molecule has 28 heavy (non-hydrogen) atoms. The number of urea groups is 1. The lowest BCUT2D eigenvalue weighted by atomic mass is 10.1. The highest BCUT2D eigenvalue weighted by molar-refractivity contribution is 6.31. The van der Waals surface area contributed by atoms with Crippen LogP contribution >= 0.6 is 11.6 Å². The van der Waals surface area contributed by atoms with Crippen molar-refractivity contribution in [3.05, 3.63) is 46.0 Å². The molecule has 0 saturated heterocycles. The number of nitrogens with zero attached hydrogens (tertiary/aromatic N) is 5. The first-order chi connectivity index (χ1) is 13.3. The minimum Gasteiger partial charge on any atom is -0.320 e. The number of hydrazine groups is 1. The Hall–Kier alpha value is -2.65. The van der Waals surface area contributed by atoms with Crippen molar-refractivity contribution in [3.63, 3.8) is 0 Å². The van der Waals surface area contributed by atoms with Gasteiger partial charge in [0, 0.05) is 44.9 Å². The Morgan fingerprint density at radius 1 is 1.25 bits per heavy atom. The van der Waals surface area contributed by atoms with Gasteiger partial charge in [-0.15, -0.1) is 0 Å². The summed E-state index contributed by atoms with van der Waals surface area (Å²) in [6.07, 6.45) is 0.569. The second-order valence-electron chi connectivity index (χ2n) is 6.94. The van der Waals surface area contributed by atoms with E-state index in [1.54, 1.807) is 21.6 Å². The number of hydrogen-bond acceptors (Lipinski definition) is 4. The molecule has 0 radical (unpaired) electrons. The Labute approximate surface area is 166 Å². The average molecular weight is 407 g/mol. The number of carbonyl (C=O) groups excluding carboxylic acids is 2. The molecule has 2 aliphatic rings. The van der Waals surface area contributed by atoms with Crippen molar-refractivity contribution in [2.75, 3.05) is 32.5 Å². The summed E-state index contributed by atoms with van der Waals surface area (Å²) in [5, 5.41) is 10.7. The van der Waals surface area contributed by atoms with Gasteiger partial charge in [0.15, 0.2) is 0 Å². The Morgan fingerprint density at radius 3 is 2.79 bits per heavy atom. The van der Waals surface area contributed by atoms with Crippen molar-refractivity contribution in [2.24, 2.45) is 0 Å². The first-order valence-corrected chi connectivity index (χ1v) is 9.31. The summed E-state index contributed by atoms with van der Waals surface area (Å²) in [5.74, 6) is -0.682. The minimum absolute atomic E-state index is 0.0570. The molecule has 0 saturated carbocycles. The van der Waals surface area contributed by atoms with E-state index in [1.807, 2.05) is 12.1 Å². The van der Waals surface area contributed by atoms with Gasteiger partial charge in [0.05, 0.1) is 23.8 Å². The zero-order valence-corrected chi connectivity index (χ0v) is 16.3. The molecular weight excluding hydrogens is 387 g/mol. The maximum absolute atomic E-state index is 13.3. The fourth-order valence-electron chi connectivity index (χ4n) is 3.48. The average Bonchev–Trinajstić information content (AvgIpc) is 3.00. The Morgan fingerprint density at radius 2 is 2.04 bits per heavy atom. The van der Waals surface area contributed by atoms with E-state index in [-0.39, 0.29) is 23.5 Å². The van der Waals surface area contributed by atoms with Gasteiger partial charge in [-0.3, -0.25) is 14.5 Å². The zero-order valence-electron chi connectivity index (χ0n) is 15.6. The fourth-order valence-corrected chi connectivity index (χ4v) is 3.66. The van der Waals surface area contributed by atoms with Gasteiger partial charge < -0.3 is 10.2 Å². The second kappa shape index (κ2) is 7.06. The van der Waals surface area contributed by atoms with E-state index in [4.69, 9.17) is 11.6 Å². The van der Waals surface area contributed by atoms with Crippen LogP contribution < -0.4 is 5.32 Å². The summed E-state index contributed by atoms with van der Waals surface area (Å²) < 4.78 is 15.1. The number of likely N-dealkylation sites (N-methyl/N-ethyl adjacent to an activating group) is 1. The van der Waals surface area contributed by atoms with Crippen LogP contribution in [0.1, 0.15) is 21.7 Å². The highest BCUT2D eigenvalue weighted by Gasteiger charge is 2.33. The number of amides is 3. The molecule has 1 aromatic carbocycles. The first-order valence-electron chi connectivity index (χ1n) is 8.94. The van der Waals surface area contributed by atoms with Crippen LogP contribution in [0.2, 0.25) is 5.02 Å². The molecule has 1 N–H and O–H groups in total. The van der Waals surface area contributed by atoms with Crippen molar-refractivity contribution in [3.8, 4) is 0 Å².